The van der Waals surface area contributed by atoms with Crippen LogP contribution in [-0.2, 0) is 22.6 Å². The molecule has 3 rings (SSSR count). The van der Waals surface area contributed by atoms with Gasteiger partial charge in [-0.25, -0.2) is 4.39 Å². The van der Waals surface area contributed by atoms with Crippen LogP contribution in [0.2, 0.25) is 0 Å². The molecule has 0 spiro atoms. The molecule has 5 heteroatoms. The summed E-state index contributed by atoms with van der Waals surface area (Å²) in [6, 6.07) is 11.0. The first-order valence-electron chi connectivity index (χ1n) is 9.34. The van der Waals surface area contributed by atoms with Gasteiger partial charge in [-0.3, -0.25) is 4.79 Å². The molecule has 0 radical (unpaired) electrons. The van der Waals surface area contributed by atoms with Crippen molar-refractivity contribution in [3.05, 3.63) is 59.7 Å². The Labute approximate surface area is 154 Å². The number of carbonyl (C=O) groups is 1. The van der Waals surface area contributed by atoms with Gasteiger partial charge in [0, 0.05) is 31.6 Å². The van der Waals surface area contributed by atoms with E-state index in [2.05, 4.69) is 4.57 Å². The molecule has 1 aliphatic carbocycles. The highest BCUT2D eigenvalue weighted by atomic mass is 19.1. The van der Waals surface area contributed by atoms with E-state index >= 15 is 0 Å². The molecule has 140 valence electrons. The van der Waals surface area contributed by atoms with Crippen LogP contribution in [0.5, 0.6) is 0 Å². The average molecular weight is 358 g/mol. The Bertz CT molecular complexity index is 722. The van der Waals surface area contributed by atoms with Crippen molar-refractivity contribution < 1.29 is 13.9 Å². The van der Waals surface area contributed by atoms with Gasteiger partial charge in [-0.05, 0) is 42.7 Å². The number of carbonyl (C=O) groups excluding carboxylic acids is 1. The van der Waals surface area contributed by atoms with E-state index in [4.69, 9.17) is 4.74 Å². The second-order valence-corrected chi connectivity index (χ2v) is 7.00. The molecular weight excluding hydrogens is 331 g/mol. The van der Waals surface area contributed by atoms with Gasteiger partial charge in [-0.15, -0.1) is 0 Å². The molecular formula is C21H27FN2O2. The van der Waals surface area contributed by atoms with Crippen LogP contribution in [0.25, 0.3) is 0 Å². The lowest BCUT2D eigenvalue weighted by Crippen LogP contribution is -2.43. The van der Waals surface area contributed by atoms with Crippen molar-refractivity contribution in [3.8, 4) is 0 Å². The first-order chi connectivity index (χ1) is 12.7. The maximum absolute atomic E-state index is 13.5. The summed E-state index contributed by atoms with van der Waals surface area (Å²) in [5.74, 6) is -0.187. The first-order valence-corrected chi connectivity index (χ1v) is 9.34. The maximum Gasteiger partial charge on any atom is 0.249 e. The van der Waals surface area contributed by atoms with Crippen molar-refractivity contribution in [2.24, 2.45) is 0 Å². The normalized spacial score (nSPS) is 15.2. The SMILES string of the molecule is COCC(=O)N(Cc1cccn1Cc1cccc(F)c1)C1CCCCC1. The van der Waals surface area contributed by atoms with Crippen LogP contribution in [0.1, 0.15) is 43.4 Å². The predicted molar refractivity (Wildman–Crippen MR) is 99.2 cm³/mol. The van der Waals surface area contributed by atoms with E-state index in [1.165, 1.54) is 25.3 Å². The minimum Gasteiger partial charge on any atom is -0.375 e. The topological polar surface area (TPSA) is 34.5 Å². The van der Waals surface area contributed by atoms with Crippen molar-refractivity contribution in [1.29, 1.82) is 0 Å². The Hall–Kier alpha value is -2.14. The summed E-state index contributed by atoms with van der Waals surface area (Å²) in [6.07, 6.45) is 7.69. The lowest BCUT2D eigenvalue weighted by Gasteiger charge is -2.34. The third-order valence-corrected chi connectivity index (χ3v) is 5.10. The van der Waals surface area contributed by atoms with Crippen LogP contribution < -0.4 is 0 Å². The Morgan fingerprint density at radius 2 is 2.04 bits per heavy atom. The van der Waals surface area contributed by atoms with E-state index in [9.17, 15) is 9.18 Å². The maximum atomic E-state index is 13.5. The van der Waals surface area contributed by atoms with Gasteiger partial charge < -0.3 is 14.2 Å². The van der Waals surface area contributed by atoms with E-state index in [0.717, 1.165) is 24.1 Å². The number of aromatic nitrogens is 1. The number of rotatable bonds is 7. The van der Waals surface area contributed by atoms with Gasteiger partial charge in [0.15, 0.2) is 0 Å². The Kier molecular flexibility index (Phi) is 6.45. The van der Waals surface area contributed by atoms with Crippen molar-refractivity contribution >= 4 is 5.91 Å². The van der Waals surface area contributed by atoms with Gasteiger partial charge in [0.25, 0.3) is 0 Å². The molecule has 1 saturated carbocycles. The Morgan fingerprint density at radius 3 is 2.77 bits per heavy atom. The minimum absolute atomic E-state index is 0.0397. The van der Waals surface area contributed by atoms with Crippen LogP contribution in [0.15, 0.2) is 42.6 Å². The second-order valence-electron chi connectivity index (χ2n) is 7.00. The minimum atomic E-state index is -0.227. The van der Waals surface area contributed by atoms with Crippen LogP contribution in [0, 0.1) is 5.82 Å². The smallest absolute Gasteiger partial charge is 0.249 e. The summed E-state index contributed by atoms with van der Waals surface area (Å²) in [6.45, 7) is 1.27. The molecule has 1 fully saturated rings. The summed E-state index contributed by atoms with van der Waals surface area (Å²) in [5.41, 5.74) is 1.97. The van der Waals surface area contributed by atoms with E-state index in [-0.39, 0.29) is 24.4 Å². The molecule has 0 saturated heterocycles. The van der Waals surface area contributed by atoms with Crippen molar-refractivity contribution in [2.45, 2.75) is 51.2 Å². The van der Waals surface area contributed by atoms with Crippen LogP contribution in [0.3, 0.4) is 0 Å². The molecule has 1 amide bonds. The molecule has 0 N–H and O–H groups in total. The summed E-state index contributed by atoms with van der Waals surface area (Å²) >= 11 is 0. The summed E-state index contributed by atoms with van der Waals surface area (Å²) < 4.78 is 20.6. The third kappa shape index (κ3) is 4.73. The number of methoxy groups -OCH3 is 1. The van der Waals surface area contributed by atoms with Crippen molar-refractivity contribution in [1.82, 2.24) is 9.47 Å². The van der Waals surface area contributed by atoms with Gasteiger partial charge in [-0.1, -0.05) is 31.4 Å². The zero-order valence-electron chi connectivity index (χ0n) is 15.4. The molecule has 1 heterocycles. The fourth-order valence-electron chi connectivity index (χ4n) is 3.77. The van der Waals surface area contributed by atoms with Crippen LogP contribution in [-0.4, -0.2) is 35.1 Å². The Balaban J connectivity index is 1.76. The van der Waals surface area contributed by atoms with Crippen LogP contribution in [0.4, 0.5) is 4.39 Å². The third-order valence-electron chi connectivity index (χ3n) is 5.10. The van der Waals surface area contributed by atoms with E-state index < -0.39 is 0 Å². The average Bonchev–Trinajstić information content (AvgIpc) is 3.07. The van der Waals surface area contributed by atoms with Gasteiger partial charge in [0.05, 0.1) is 6.54 Å². The molecule has 26 heavy (non-hydrogen) atoms. The molecule has 0 unspecified atom stereocenters. The number of amides is 1. The van der Waals surface area contributed by atoms with Gasteiger partial charge in [0.1, 0.15) is 12.4 Å². The molecule has 0 bridgehead atoms. The monoisotopic (exact) mass is 358 g/mol. The van der Waals surface area contributed by atoms with Crippen molar-refractivity contribution in [2.75, 3.05) is 13.7 Å². The highest BCUT2D eigenvalue weighted by Gasteiger charge is 2.26. The van der Waals surface area contributed by atoms with E-state index in [1.54, 1.807) is 19.2 Å². The number of benzene rings is 1. The molecule has 0 aliphatic heterocycles. The second kappa shape index (κ2) is 8.99. The van der Waals surface area contributed by atoms with Gasteiger partial charge in [-0.2, -0.15) is 0 Å². The quantitative estimate of drug-likeness (QED) is 0.750. The Morgan fingerprint density at radius 1 is 1.23 bits per heavy atom. The number of hydrogen-bond donors (Lipinski definition) is 0. The molecule has 1 aromatic carbocycles. The zero-order chi connectivity index (χ0) is 18.4. The fraction of sp³-hybridized carbons (Fsp3) is 0.476. The van der Waals surface area contributed by atoms with Gasteiger partial charge >= 0.3 is 0 Å². The standard InChI is InChI=1S/C21H27FN2O2/c1-26-16-21(25)24(19-9-3-2-4-10-19)15-20-11-6-12-23(20)14-17-7-5-8-18(22)13-17/h5-8,11-13,19H,2-4,9-10,14-16H2,1H3. The fourth-order valence-corrected chi connectivity index (χ4v) is 3.77. The summed E-state index contributed by atoms with van der Waals surface area (Å²) in [7, 11) is 1.56. The number of ether oxygens (including phenoxy) is 1. The van der Waals surface area contributed by atoms with Gasteiger partial charge in [0.2, 0.25) is 5.91 Å². The lowest BCUT2D eigenvalue weighted by atomic mass is 9.94. The van der Waals surface area contributed by atoms with Crippen molar-refractivity contribution in [3.63, 3.8) is 0 Å². The summed E-state index contributed by atoms with van der Waals surface area (Å²) in [5, 5.41) is 0. The van der Waals surface area contributed by atoms with E-state index in [1.807, 2.05) is 29.3 Å². The zero-order valence-corrected chi connectivity index (χ0v) is 15.4. The highest BCUT2D eigenvalue weighted by molar-refractivity contribution is 5.77. The number of halogens is 1. The van der Waals surface area contributed by atoms with E-state index in [0.29, 0.717) is 13.1 Å². The molecule has 2 aromatic rings. The number of nitrogens with zero attached hydrogens (tertiary/aromatic N) is 2. The lowest BCUT2D eigenvalue weighted by molar-refractivity contribution is -0.139. The molecule has 0 atom stereocenters. The molecule has 1 aromatic heterocycles. The largest absolute Gasteiger partial charge is 0.375 e. The predicted octanol–water partition coefficient (Wildman–Crippen LogP) is 3.98. The summed E-state index contributed by atoms with van der Waals surface area (Å²) in [4.78, 5) is 14.6. The van der Waals surface area contributed by atoms with Crippen LogP contribution >= 0.6 is 0 Å². The number of hydrogen-bond acceptors (Lipinski definition) is 2. The molecule has 4 nitrogen and oxygen atoms in total. The highest BCUT2D eigenvalue weighted by Crippen LogP contribution is 2.24. The first kappa shape index (κ1) is 18.6. The molecule has 1 aliphatic rings.